The molecule has 0 aromatic heterocycles. The van der Waals surface area contributed by atoms with Crippen LogP contribution in [0.3, 0.4) is 0 Å². The molecule has 30 heavy (non-hydrogen) atoms. The zero-order valence-electron chi connectivity index (χ0n) is 17.8. The van der Waals surface area contributed by atoms with Gasteiger partial charge in [-0.2, -0.15) is 0 Å². The van der Waals surface area contributed by atoms with Gasteiger partial charge in [0.25, 0.3) is 0 Å². The first-order valence-electron chi connectivity index (χ1n) is 10.7. The van der Waals surface area contributed by atoms with E-state index in [-0.39, 0.29) is 30.3 Å². The summed E-state index contributed by atoms with van der Waals surface area (Å²) >= 11 is 0. The van der Waals surface area contributed by atoms with Gasteiger partial charge in [-0.25, -0.2) is 4.79 Å². The Kier molecular flexibility index (Phi) is 5.88. The summed E-state index contributed by atoms with van der Waals surface area (Å²) in [5, 5.41) is 2.97. The number of piperidine rings is 1. The third kappa shape index (κ3) is 4.25. The van der Waals surface area contributed by atoms with Gasteiger partial charge in [-0.15, -0.1) is 0 Å². The number of carbonyl (C=O) groups is 2. The van der Waals surface area contributed by atoms with Crippen molar-refractivity contribution in [1.82, 2.24) is 10.2 Å². The number of hydrogen-bond donors (Lipinski definition) is 1. The van der Waals surface area contributed by atoms with Gasteiger partial charge in [0.05, 0.1) is 26.5 Å². The van der Waals surface area contributed by atoms with E-state index < -0.39 is 5.54 Å². The molecule has 0 bridgehead atoms. The molecule has 3 heterocycles. The molecular formula is C22H31N3O5. The maximum absolute atomic E-state index is 12.7. The number of nitrogens with zero attached hydrogens (tertiary/aromatic N) is 2. The summed E-state index contributed by atoms with van der Waals surface area (Å²) in [6.45, 7) is 7.18. The van der Waals surface area contributed by atoms with Gasteiger partial charge in [0.15, 0.2) is 6.29 Å². The predicted octanol–water partition coefficient (Wildman–Crippen LogP) is 2.34. The van der Waals surface area contributed by atoms with Crippen molar-refractivity contribution in [3.8, 4) is 0 Å². The van der Waals surface area contributed by atoms with E-state index in [9.17, 15) is 9.59 Å². The average Bonchev–Trinajstić information content (AvgIpc) is 3.06. The molecule has 8 nitrogen and oxygen atoms in total. The lowest BCUT2D eigenvalue weighted by Gasteiger charge is -2.43. The number of ether oxygens (including phenoxy) is 3. The van der Waals surface area contributed by atoms with Crippen molar-refractivity contribution >= 4 is 17.7 Å². The van der Waals surface area contributed by atoms with Crippen LogP contribution in [0.5, 0.6) is 0 Å². The number of rotatable bonds is 4. The second-order valence-electron chi connectivity index (χ2n) is 9.07. The Morgan fingerprint density at radius 1 is 1.17 bits per heavy atom. The molecule has 0 radical (unpaired) electrons. The Hall–Kier alpha value is -2.32. The van der Waals surface area contributed by atoms with Crippen LogP contribution in [0, 0.1) is 5.41 Å². The lowest BCUT2D eigenvalue weighted by atomic mass is 9.86. The minimum Gasteiger partial charge on any atom is -0.449 e. The molecule has 1 aromatic rings. The van der Waals surface area contributed by atoms with Gasteiger partial charge in [0.2, 0.25) is 5.91 Å². The van der Waals surface area contributed by atoms with Crippen LogP contribution >= 0.6 is 0 Å². The Balaban J connectivity index is 1.26. The maximum atomic E-state index is 12.7. The third-order valence-electron chi connectivity index (χ3n) is 6.15. The molecule has 164 valence electrons. The molecule has 2 amide bonds. The normalized spacial score (nSPS) is 23.5. The number of likely N-dealkylation sites (tertiary alicyclic amines) is 1. The van der Waals surface area contributed by atoms with Crippen LogP contribution in [0.1, 0.15) is 33.1 Å². The molecule has 3 aliphatic heterocycles. The molecule has 3 aliphatic rings. The van der Waals surface area contributed by atoms with Gasteiger partial charge in [-0.3, -0.25) is 4.79 Å². The monoisotopic (exact) mass is 417 g/mol. The molecular weight excluding hydrogens is 386 g/mol. The largest absolute Gasteiger partial charge is 0.449 e. The van der Waals surface area contributed by atoms with E-state index in [1.807, 2.05) is 30.3 Å². The fourth-order valence-electron chi connectivity index (χ4n) is 4.32. The highest BCUT2D eigenvalue weighted by Crippen LogP contribution is 2.36. The molecule has 1 N–H and O–H groups in total. The first-order valence-corrected chi connectivity index (χ1v) is 10.7. The number of nitrogens with one attached hydrogen (secondary N) is 1. The number of amides is 2. The number of carbonyl (C=O) groups excluding carboxylic acids is 2. The van der Waals surface area contributed by atoms with Crippen molar-refractivity contribution in [3.63, 3.8) is 0 Å². The van der Waals surface area contributed by atoms with Gasteiger partial charge in [-0.05, 0) is 25.0 Å². The predicted molar refractivity (Wildman–Crippen MR) is 111 cm³/mol. The van der Waals surface area contributed by atoms with Gasteiger partial charge in [0.1, 0.15) is 5.54 Å². The molecule has 0 saturated carbocycles. The van der Waals surface area contributed by atoms with E-state index in [1.54, 1.807) is 4.90 Å². The summed E-state index contributed by atoms with van der Waals surface area (Å²) < 4.78 is 16.8. The molecule has 1 aromatic carbocycles. The number of anilines is 1. The Bertz CT molecular complexity index is 751. The van der Waals surface area contributed by atoms with E-state index in [2.05, 4.69) is 24.1 Å². The van der Waals surface area contributed by atoms with Crippen LogP contribution in [0.15, 0.2) is 30.3 Å². The van der Waals surface area contributed by atoms with E-state index in [1.165, 1.54) is 0 Å². The quantitative estimate of drug-likeness (QED) is 0.810. The highest BCUT2D eigenvalue weighted by Gasteiger charge is 2.51. The van der Waals surface area contributed by atoms with E-state index in [0.717, 1.165) is 5.69 Å². The van der Waals surface area contributed by atoms with Gasteiger partial charge >= 0.3 is 6.09 Å². The second kappa shape index (κ2) is 8.43. The molecule has 8 heteroatoms. The lowest BCUT2D eigenvalue weighted by molar-refractivity contribution is -0.226. The fraction of sp³-hybridized carbons (Fsp3) is 0.636. The fourth-order valence-corrected chi connectivity index (χ4v) is 4.32. The minimum atomic E-state index is -0.602. The smallest absolute Gasteiger partial charge is 0.409 e. The summed E-state index contributed by atoms with van der Waals surface area (Å²) in [6.07, 6.45) is 1.01. The van der Waals surface area contributed by atoms with Crippen molar-refractivity contribution in [1.29, 1.82) is 0 Å². The Labute approximate surface area is 177 Å². The summed E-state index contributed by atoms with van der Waals surface area (Å²) in [7, 11) is 0. The SMILES string of the molecule is CC1(C)COC(CCOC(=O)N2CCC3(CC2)C(=O)NCN3c2ccccc2)OC1. The lowest BCUT2D eigenvalue weighted by Crippen LogP contribution is -2.57. The first kappa shape index (κ1) is 20.9. The second-order valence-corrected chi connectivity index (χ2v) is 9.07. The standard InChI is InChI=1S/C22H31N3O5/c1-21(2)14-29-18(30-15-21)8-13-28-20(27)24-11-9-22(10-12-24)19(26)23-16-25(22)17-6-4-3-5-7-17/h3-7,18H,8-16H2,1-2H3,(H,23,26). The third-order valence-corrected chi connectivity index (χ3v) is 6.15. The van der Waals surface area contributed by atoms with Gasteiger partial charge < -0.3 is 29.3 Å². The number of para-hydroxylation sites is 1. The summed E-state index contributed by atoms with van der Waals surface area (Å²) in [5.74, 6) is 0.0360. The van der Waals surface area contributed by atoms with Crippen LogP contribution in [0.25, 0.3) is 0 Å². The van der Waals surface area contributed by atoms with Gasteiger partial charge in [0, 0.05) is 30.6 Å². The van der Waals surface area contributed by atoms with E-state index in [4.69, 9.17) is 14.2 Å². The van der Waals surface area contributed by atoms with Crippen LogP contribution in [-0.4, -0.2) is 68.3 Å². The van der Waals surface area contributed by atoms with Gasteiger partial charge in [-0.1, -0.05) is 32.0 Å². The molecule has 3 fully saturated rings. The Morgan fingerprint density at radius 2 is 1.83 bits per heavy atom. The summed E-state index contributed by atoms with van der Waals surface area (Å²) in [6, 6.07) is 9.93. The van der Waals surface area contributed by atoms with E-state index >= 15 is 0 Å². The van der Waals surface area contributed by atoms with Crippen molar-refractivity contribution in [2.75, 3.05) is 44.5 Å². The number of hydrogen-bond acceptors (Lipinski definition) is 6. The molecule has 4 rings (SSSR count). The van der Waals surface area contributed by atoms with Crippen LogP contribution < -0.4 is 10.2 Å². The zero-order valence-corrected chi connectivity index (χ0v) is 17.8. The zero-order chi connectivity index (χ0) is 21.2. The molecule has 0 aliphatic carbocycles. The minimum absolute atomic E-state index is 0.0249. The number of benzene rings is 1. The average molecular weight is 418 g/mol. The Morgan fingerprint density at radius 3 is 2.50 bits per heavy atom. The summed E-state index contributed by atoms with van der Waals surface area (Å²) in [4.78, 5) is 29.0. The molecule has 0 unspecified atom stereocenters. The first-order chi connectivity index (χ1) is 14.4. The van der Waals surface area contributed by atoms with Crippen molar-refractivity contribution < 1.29 is 23.8 Å². The summed E-state index contributed by atoms with van der Waals surface area (Å²) in [5.41, 5.74) is 0.439. The van der Waals surface area contributed by atoms with Crippen molar-refractivity contribution in [2.24, 2.45) is 5.41 Å². The van der Waals surface area contributed by atoms with Crippen LogP contribution in [-0.2, 0) is 19.0 Å². The molecule has 0 atom stereocenters. The highest BCUT2D eigenvalue weighted by molar-refractivity contribution is 5.93. The molecule has 1 spiro atoms. The van der Waals surface area contributed by atoms with Crippen LogP contribution in [0.4, 0.5) is 10.5 Å². The topological polar surface area (TPSA) is 80.3 Å². The van der Waals surface area contributed by atoms with Crippen molar-refractivity contribution in [3.05, 3.63) is 30.3 Å². The van der Waals surface area contributed by atoms with Crippen molar-refractivity contribution in [2.45, 2.75) is 44.9 Å². The van der Waals surface area contributed by atoms with Crippen LogP contribution in [0.2, 0.25) is 0 Å². The molecule has 3 saturated heterocycles. The maximum Gasteiger partial charge on any atom is 0.409 e. The highest BCUT2D eigenvalue weighted by atomic mass is 16.7. The van der Waals surface area contributed by atoms with E-state index in [0.29, 0.717) is 52.2 Å².